The van der Waals surface area contributed by atoms with Crippen LogP contribution in [0.1, 0.15) is 5.56 Å². The van der Waals surface area contributed by atoms with Crippen molar-refractivity contribution in [1.82, 2.24) is 9.71 Å². The SMILES string of the molecule is COc1cc(CNS(=O)(=O)c2cccc3cnccc23)cc(OC)c1OC. The Bertz CT molecular complexity index is 1040. The van der Waals surface area contributed by atoms with Gasteiger partial charge in [-0.2, -0.15) is 0 Å². The molecule has 8 heteroatoms. The molecule has 0 unspecified atom stereocenters. The molecule has 1 aromatic heterocycles. The lowest BCUT2D eigenvalue weighted by Gasteiger charge is -2.15. The largest absolute Gasteiger partial charge is 0.493 e. The minimum Gasteiger partial charge on any atom is -0.493 e. The number of pyridine rings is 1. The van der Waals surface area contributed by atoms with Gasteiger partial charge < -0.3 is 14.2 Å². The van der Waals surface area contributed by atoms with E-state index in [1.54, 1.807) is 42.7 Å². The van der Waals surface area contributed by atoms with Crippen molar-refractivity contribution in [3.63, 3.8) is 0 Å². The van der Waals surface area contributed by atoms with Crippen LogP contribution in [0.3, 0.4) is 0 Å². The lowest BCUT2D eigenvalue weighted by atomic mass is 10.2. The molecule has 0 saturated heterocycles. The predicted octanol–water partition coefficient (Wildman–Crippen LogP) is 2.74. The number of nitrogens with one attached hydrogen (secondary N) is 1. The minimum atomic E-state index is -3.73. The maximum absolute atomic E-state index is 12.8. The van der Waals surface area contributed by atoms with Crippen LogP contribution in [0.5, 0.6) is 17.2 Å². The summed E-state index contributed by atoms with van der Waals surface area (Å²) in [5.41, 5.74) is 0.676. The third-order valence-corrected chi connectivity index (χ3v) is 5.58. The zero-order valence-corrected chi connectivity index (χ0v) is 16.0. The van der Waals surface area contributed by atoms with Crippen LogP contribution in [0.25, 0.3) is 10.8 Å². The van der Waals surface area contributed by atoms with Crippen LogP contribution in [-0.2, 0) is 16.6 Å². The summed E-state index contributed by atoms with van der Waals surface area (Å²) in [6.07, 6.45) is 3.20. The summed E-state index contributed by atoms with van der Waals surface area (Å²) in [4.78, 5) is 4.23. The van der Waals surface area contributed by atoms with Crippen molar-refractivity contribution in [3.8, 4) is 17.2 Å². The second-order valence-electron chi connectivity index (χ2n) is 5.71. The first-order chi connectivity index (χ1) is 13.0. The average Bonchev–Trinajstić information content (AvgIpc) is 2.70. The van der Waals surface area contributed by atoms with Crippen LogP contribution in [0.2, 0.25) is 0 Å². The van der Waals surface area contributed by atoms with E-state index in [9.17, 15) is 8.42 Å². The second-order valence-corrected chi connectivity index (χ2v) is 7.45. The number of rotatable bonds is 7. The molecule has 0 amide bonds. The van der Waals surface area contributed by atoms with E-state index in [0.29, 0.717) is 28.2 Å². The van der Waals surface area contributed by atoms with Gasteiger partial charge in [-0.05, 0) is 29.8 Å². The van der Waals surface area contributed by atoms with Crippen molar-refractivity contribution in [2.45, 2.75) is 11.4 Å². The summed E-state index contributed by atoms with van der Waals surface area (Å²) >= 11 is 0. The Labute approximate surface area is 158 Å². The van der Waals surface area contributed by atoms with Gasteiger partial charge >= 0.3 is 0 Å². The topological polar surface area (TPSA) is 86.8 Å². The minimum absolute atomic E-state index is 0.0700. The number of sulfonamides is 1. The van der Waals surface area contributed by atoms with Gasteiger partial charge in [0.15, 0.2) is 11.5 Å². The first kappa shape index (κ1) is 18.9. The maximum Gasteiger partial charge on any atom is 0.241 e. The number of aromatic nitrogens is 1. The van der Waals surface area contributed by atoms with E-state index in [1.807, 2.05) is 6.07 Å². The van der Waals surface area contributed by atoms with Crippen molar-refractivity contribution >= 4 is 20.8 Å². The molecule has 0 aliphatic carbocycles. The fraction of sp³-hybridized carbons (Fsp3) is 0.211. The molecule has 0 saturated carbocycles. The van der Waals surface area contributed by atoms with Gasteiger partial charge in [0.05, 0.1) is 26.2 Å². The van der Waals surface area contributed by atoms with Gasteiger partial charge in [0.2, 0.25) is 15.8 Å². The molecule has 0 aliphatic rings. The third-order valence-electron chi connectivity index (χ3n) is 4.12. The molecular formula is C19H20N2O5S. The Morgan fingerprint density at radius 3 is 2.33 bits per heavy atom. The van der Waals surface area contributed by atoms with E-state index in [4.69, 9.17) is 14.2 Å². The predicted molar refractivity (Wildman–Crippen MR) is 102 cm³/mol. The number of fused-ring (bicyclic) bond motifs is 1. The first-order valence-corrected chi connectivity index (χ1v) is 9.59. The number of benzene rings is 2. The Balaban J connectivity index is 1.91. The van der Waals surface area contributed by atoms with Crippen molar-refractivity contribution in [3.05, 3.63) is 54.4 Å². The molecule has 1 heterocycles. The van der Waals surface area contributed by atoms with E-state index < -0.39 is 10.0 Å². The number of hydrogen-bond acceptors (Lipinski definition) is 6. The molecule has 7 nitrogen and oxygen atoms in total. The fourth-order valence-electron chi connectivity index (χ4n) is 2.82. The molecule has 142 valence electrons. The molecule has 0 atom stereocenters. The molecule has 0 fully saturated rings. The Morgan fingerprint density at radius 2 is 1.70 bits per heavy atom. The smallest absolute Gasteiger partial charge is 0.241 e. The van der Waals surface area contributed by atoms with Crippen molar-refractivity contribution in [2.75, 3.05) is 21.3 Å². The molecule has 0 aliphatic heterocycles. The number of methoxy groups -OCH3 is 3. The second kappa shape index (κ2) is 7.81. The summed E-state index contributed by atoms with van der Waals surface area (Å²) < 4.78 is 44.2. The lowest BCUT2D eigenvalue weighted by molar-refractivity contribution is 0.323. The molecule has 2 aromatic carbocycles. The fourth-order valence-corrected chi connectivity index (χ4v) is 4.07. The van der Waals surface area contributed by atoms with Gasteiger partial charge in [-0.3, -0.25) is 4.98 Å². The molecule has 3 aromatic rings. The highest BCUT2D eigenvalue weighted by molar-refractivity contribution is 7.89. The summed E-state index contributed by atoms with van der Waals surface area (Å²) in [7, 11) is 0.800. The lowest BCUT2D eigenvalue weighted by Crippen LogP contribution is -2.23. The van der Waals surface area contributed by atoms with E-state index in [1.165, 1.54) is 21.3 Å². The zero-order chi connectivity index (χ0) is 19.4. The van der Waals surface area contributed by atoms with Gasteiger partial charge in [0.25, 0.3) is 0 Å². The van der Waals surface area contributed by atoms with Crippen molar-refractivity contribution < 1.29 is 22.6 Å². The highest BCUT2D eigenvalue weighted by atomic mass is 32.2. The standard InChI is InChI=1S/C19H20N2O5S/c1-24-16-9-13(10-17(25-2)19(16)26-3)11-21-27(22,23)18-6-4-5-14-12-20-8-7-15(14)18/h4-10,12,21H,11H2,1-3H3. The highest BCUT2D eigenvalue weighted by Crippen LogP contribution is 2.38. The summed E-state index contributed by atoms with van der Waals surface area (Å²) in [5.74, 6) is 1.37. The molecule has 3 rings (SSSR count). The van der Waals surface area contributed by atoms with Gasteiger partial charge in [-0.1, -0.05) is 12.1 Å². The number of hydrogen-bond donors (Lipinski definition) is 1. The van der Waals surface area contributed by atoms with Crippen molar-refractivity contribution in [2.24, 2.45) is 0 Å². The molecule has 0 bridgehead atoms. The van der Waals surface area contributed by atoms with Crippen LogP contribution in [0, 0.1) is 0 Å². The van der Waals surface area contributed by atoms with E-state index in [2.05, 4.69) is 9.71 Å². The Hall–Kier alpha value is -2.84. The van der Waals surface area contributed by atoms with Gasteiger partial charge in [0, 0.05) is 29.7 Å². The summed E-state index contributed by atoms with van der Waals surface area (Å²) in [6.45, 7) is 0.0700. The average molecular weight is 388 g/mol. The van der Waals surface area contributed by atoms with Crippen molar-refractivity contribution in [1.29, 1.82) is 0 Å². The quantitative estimate of drug-likeness (QED) is 0.670. The number of ether oxygens (including phenoxy) is 3. The monoisotopic (exact) mass is 388 g/mol. The van der Waals surface area contributed by atoms with Crippen LogP contribution >= 0.6 is 0 Å². The van der Waals surface area contributed by atoms with Crippen LogP contribution < -0.4 is 18.9 Å². The van der Waals surface area contributed by atoms with Crippen LogP contribution in [0.15, 0.2) is 53.7 Å². The highest BCUT2D eigenvalue weighted by Gasteiger charge is 2.19. The molecule has 0 radical (unpaired) electrons. The van der Waals surface area contributed by atoms with E-state index >= 15 is 0 Å². The van der Waals surface area contributed by atoms with Crippen LogP contribution in [-0.4, -0.2) is 34.7 Å². The molecule has 0 spiro atoms. The maximum atomic E-state index is 12.8. The van der Waals surface area contributed by atoms with Gasteiger partial charge in [-0.25, -0.2) is 13.1 Å². The van der Waals surface area contributed by atoms with E-state index in [-0.39, 0.29) is 11.4 Å². The van der Waals surface area contributed by atoms with Crippen LogP contribution in [0.4, 0.5) is 0 Å². The molecule has 1 N–H and O–H groups in total. The Morgan fingerprint density at radius 1 is 1.00 bits per heavy atom. The number of nitrogens with zero attached hydrogens (tertiary/aromatic N) is 1. The van der Waals surface area contributed by atoms with Gasteiger partial charge in [0.1, 0.15) is 0 Å². The van der Waals surface area contributed by atoms with E-state index in [0.717, 1.165) is 5.39 Å². The summed E-state index contributed by atoms with van der Waals surface area (Å²) in [5, 5.41) is 1.37. The normalized spacial score (nSPS) is 11.4. The van der Waals surface area contributed by atoms with Gasteiger partial charge in [-0.15, -0.1) is 0 Å². The molecular weight excluding hydrogens is 368 g/mol. The zero-order valence-electron chi connectivity index (χ0n) is 15.2. The molecule has 27 heavy (non-hydrogen) atoms. The first-order valence-electron chi connectivity index (χ1n) is 8.11. The third kappa shape index (κ3) is 3.81. The Kier molecular flexibility index (Phi) is 5.48. The summed E-state index contributed by atoms with van der Waals surface area (Å²) in [6, 6.07) is 10.2.